The summed E-state index contributed by atoms with van der Waals surface area (Å²) in [4.78, 5) is 79.5. The van der Waals surface area contributed by atoms with Gasteiger partial charge >= 0.3 is 5.92 Å². The third-order valence-electron chi connectivity index (χ3n) is 6.76. The van der Waals surface area contributed by atoms with Gasteiger partial charge in [0, 0.05) is 37.2 Å². The van der Waals surface area contributed by atoms with Crippen LogP contribution >= 0.6 is 0 Å². The first-order chi connectivity index (χ1) is 21.3. The number of anilines is 1. The fraction of sp³-hybridized carbons (Fsp3) is 0.310. The zero-order chi connectivity index (χ0) is 33.3. The van der Waals surface area contributed by atoms with Crippen molar-refractivity contribution in [1.82, 2.24) is 25.1 Å². The molecule has 0 fully saturated rings. The Bertz CT molecular complexity index is 1630. The van der Waals surface area contributed by atoms with Gasteiger partial charge in [0.05, 0.1) is 23.7 Å². The highest BCUT2D eigenvalue weighted by atomic mass is 19.3. The molecule has 4 N–H and O–H groups in total. The Morgan fingerprint density at radius 1 is 1.07 bits per heavy atom. The van der Waals surface area contributed by atoms with Crippen LogP contribution in [0.25, 0.3) is 11.4 Å². The number of nitrogens with two attached hydrogens (primary N) is 1. The second-order valence-electron chi connectivity index (χ2n) is 9.73. The second-order valence-corrected chi connectivity index (χ2v) is 9.73. The molecule has 0 saturated carbocycles. The summed E-state index contributed by atoms with van der Waals surface area (Å²) in [6.07, 6.45) is 0.589. The van der Waals surface area contributed by atoms with Crippen molar-refractivity contribution in [3.05, 3.63) is 86.8 Å². The average molecular weight is 628 g/mol. The van der Waals surface area contributed by atoms with Crippen molar-refractivity contribution in [3.8, 4) is 11.4 Å². The fourth-order valence-electron chi connectivity index (χ4n) is 4.35. The van der Waals surface area contributed by atoms with Crippen LogP contribution in [0.3, 0.4) is 0 Å². The molecule has 14 nitrogen and oxygen atoms in total. The monoisotopic (exact) mass is 627 g/mol. The molecule has 0 bridgehead atoms. The maximum Gasteiger partial charge on any atom is 0.383 e. The van der Waals surface area contributed by atoms with E-state index in [-0.39, 0.29) is 35.9 Å². The van der Waals surface area contributed by atoms with E-state index in [4.69, 9.17) is 5.73 Å². The molecule has 45 heavy (non-hydrogen) atoms. The molecular formula is C29H31F2N7O7. The van der Waals surface area contributed by atoms with Crippen LogP contribution in [-0.2, 0) is 32.1 Å². The number of aromatic nitrogens is 2. The zero-order valence-corrected chi connectivity index (χ0v) is 24.4. The number of nitrogens with one attached hydrogen (secondary N) is 2. The van der Waals surface area contributed by atoms with Crippen LogP contribution in [0.1, 0.15) is 19.4 Å². The number of halogens is 2. The maximum atomic E-state index is 15.2. The van der Waals surface area contributed by atoms with Crippen molar-refractivity contribution in [1.29, 1.82) is 0 Å². The van der Waals surface area contributed by atoms with Crippen LogP contribution in [0.4, 0.5) is 20.2 Å². The summed E-state index contributed by atoms with van der Waals surface area (Å²) in [6.45, 7) is 2.29. The van der Waals surface area contributed by atoms with E-state index in [0.717, 1.165) is 22.9 Å². The van der Waals surface area contributed by atoms with Crippen LogP contribution in [-0.4, -0.2) is 74.5 Å². The standard InChI is InChI=1S/C29H31F2N7O7/c1-3-36(4-2)24(40)16-34-28(43)29(30,31)25(41)22(14-18-8-6-5-7-9-18)35-23(39)17-37-26(33-15-21(32)27(37)42)19-10-12-20(13-11-19)38(44)45/h5-13,15,22H,3-4,14,16-17,32H2,1-2H3,(H,34,43)(H,35,39). The lowest BCUT2D eigenvalue weighted by Crippen LogP contribution is -2.56. The van der Waals surface area contributed by atoms with Crippen LogP contribution in [0.5, 0.6) is 0 Å². The van der Waals surface area contributed by atoms with E-state index in [1.807, 2.05) is 0 Å². The smallest absolute Gasteiger partial charge is 0.383 e. The molecule has 0 spiro atoms. The Balaban J connectivity index is 1.88. The van der Waals surface area contributed by atoms with E-state index in [0.29, 0.717) is 5.56 Å². The minimum atomic E-state index is -4.64. The largest absolute Gasteiger partial charge is 0.393 e. The fourth-order valence-corrected chi connectivity index (χ4v) is 4.35. The number of nitro groups is 1. The molecule has 0 radical (unpaired) electrons. The number of likely N-dealkylation sites (N-methyl/N-ethyl adjacent to an activating group) is 1. The van der Waals surface area contributed by atoms with E-state index in [9.17, 15) is 34.1 Å². The summed E-state index contributed by atoms with van der Waals surface area (Å²) in [7, 11) is 0. The van der Waals surface area contributed by atoms with Gasteiger partial charge in [-0.2, -0.15) is 8.78 Å². The predicted molar refractivity (Wildman–Crippen MR) is 158 cm³/mol. The molecule has 3 amide bonds. The Morgan fingerprint density at radius 2 is 1.69 bits per heavy atom. The van der Waals surface area contributed by atoms with Gasteiger partial charge in [0.15, 0.2) is 0 Å². The number of carbonyl (C=O) groups is 4. The number of Topliss-reactive ketones (excluding diaryl/α,β-unsaturated/α-hetero) is 1. The third-order valence-corrected chi connectivity index (χ3v) is 6.76. The second kappa shape index (κ2) is 14.8. The van der Waals surface area contributed by atoms with Crippen molar-refractivity contribution in [2.45, 2.75) is 38.8 Å². The number of ketones is 1. The molecule has 16 heteroatoms. The van der Waals surface area contributed by atoms with Gasteiger partial charge in [0.2, 0.25) is 17.6 Å². The van der Waals surface area contributed by atoms with Gasteiger partial charge in [-0.15, -0.1) is 0 Å². The van der Waals surface area contributed by atoms with Gasteiger partial charge < -0.3 is 21.3 Å². The lowest BCUT2D eigenvalue weighted by atomic mass is 9.98. The molecule has 1 unspecified atom stereocenters. The Kier molecular flexibility index (Phi) is 11.1. The van der Waals surface area contributed by atoms with Crippen LogP contribution in [0.2, 0.25) is 0 Å². The van der Waals surface area contributed by atoms with Gasteiger partial charge in [-0.3, -0.25) is 38.7 Å². The van der Waals surface area contributed by atoms with Crippen molar-refractivity contribution in [3.63, 3.8) is 0 Å². The van der Waals surface area contributed by atoms with Crippen LogP contribution in [0.15, 0.2) is 65.6 Å². The van der Waals surface area contributed by atoms with Gasteiger partial charge in [-0.05, 0) is 31.5 Å². The van der Waals surface area contributed by atoms with E-state index in [1.54, 1.807) is 37.4 Å². The van der Waals surface area contributed by atoms with Crippen molar-refractivity contribution >= 4 is 34.9 Å². The first-order valence-electron chi connectivity index (χ1n) is 13.7. The molecule has 1 atom stereocenters. The molecule has 238 valence electrons. The highest BCUT2D eigenvalue weighted by molar-refractivity contribution is 6.11. The van der Waals surface area contributed by atoms with Gasteiger partial charge in [0.25, 0.3) is 17.2 Å². The molecule has 3 aromatic rings. The average Bonchev–Trinajstić information content (AvgIpc) is 3.02. The number of non-ortho nitro benzene ring substituents is 1. The topological polar surface area (TPSA) is 200 Å². The van der Waals surface area contributed by atoms with Crippen LogP contribution < -0.4 is 21.9 Å². The van der Waals surface area contributed by atoms with Crippen molar-refractivity contribution < 1.29 is 32.9 Å². The third kappa shape index (κ3) is 8.31. The zero-order valence-electron chi connectivity index (χ0n) is 24.4. The van der Waals surface area contributed by atoms with Crippen LogP contribution in [0, 0.1) is 10.1 Å². The maximum absolute atomic E-state index is 15.2. The number of hydrogen-bond donors (Lipinski definition) is 3. The summed E-state index contributed by atoms with van der Waals surface area (Å²) in [5.41, 5.74) is 4.79. The first kappa shape index (κ1) is 34.0. The number of rotatable bonds is 14. The minimum absolute atomic E-state index is 0.118. The molecule has 0 aliphatic heterocycles. The van der Waals surface area contributed by atoms with Gasteiger partial charge in [0.1, 0.15) is 18.1 Å². The number of nitrogen functional groups attached to an aromatic ring is 1. The van der Waals surface area contributed by atoms with Gasteiger partial charge in [-0.25, -0.2) is 4.98 Å². The molecule has 1 heterocycles. The molecule has 0 saturated heterocycles. The van der Waals surface area contributed by atoms with Crippen molar-refractivity contribution in [2.24, 2.45) is 0 Å². The molecule has 0 aliphatic carbocycles. The van der Waals surface area contributed by atoms with E-state index >= 15 is 8.78 Å². The Morgan fingerprint density at radius 3 is 2.27 bits per heavy atom. The summed E-state index contributed by atoms with van der Waals surface area (Å²) in [5, 5.41) is 15.0. The molecule has 1 aromatic heterocycles. The summed E-state index contributed by atoms with van der Waals surface area (Å²) < 4.78 is 31.2. The van der Waals surface area contributed by atoms with E-state index in [2.05, 4.69) is 10.3 Å². The number of carbonyl (C=O) groups excluding carboxylic acids is 4. The number of nitro benzene ring substituents is 1. The molecule has 0 aliphatic rings. The lowest BCUT2D eigenvalue weighted by molar-refractivity contribution is -0.384. The Hall–Kier alpha value is -5.54. The predicted octanol–water partition coefficient (Wildman–Crippen LogP) is 1.32. The minimum Gasteiger partial charge on any atom is -0.393 e. The highest BCUT2D eigenvalue weighted by Gasteiger charge is 2.50. The number of hydrogen-bond acceptors (Lipinski definition) is 9. The van der Waals surface area contributed by atoms with Gasteiger partial charge in [-0.1, -0.05) is 30.3 Å². The lowest BCUT2D eigenvalue weighted by Gasteiger charge is -2.24. The molecular weight excluding hydrogens is 596 g/mol. The first-order valence-corrected chi connectivity index (χ1v) is 13.7. The summed E-state index contributed by atoms with van der Waals surface area (Å²) in [5.74, 6) is -10.4. The molecule has 2 aromatic carbocycles. The summed E-state index contributed by atoms with van der Waals surface area (Å²) in [6, 6.07) is 10.8. The number of benzene rings is 2. The SMILES string of the molecule is CCN(CC)C(=O)CNC(=O)C(F)(F)C(=O)C(Cc1ccccc1)NC(=O)Cn1c(-c2ccc([N+](=O)[O-])cc2)ncc(N)c1=O. The number of amides is 3. The number of alkyl halides is 2. The normalized spacial score (nSPS) is 11.7. The Labute approximate surface area is 255 Å². The van der Waals surface area contributed by atoms with Crippen molar-refractivity contribution in [2.75, 3.05) is 25.4 Å². The summed E-state index contributed by atoms with van der Waals surface area (Å²) >= 11 is 0. The highest BCUT2D eigenvalue weighted by Crippen LogP contribution is 2.22. The molecule has 3 rings (SSSR count). The number of nitrogens with zero attached hydrogens (tertiary/aromatic N) is 4. The van der Waals surface area contributed by atoms with E-state index < -0.39 is 65.5 Å². The van der Waals surface area contributed by atoms with E-state index in [1.165, 1.54) is 29.2 Å². The quantitative estimate of drug-likeness (QED) is 0.134.